The number of nitrogens with zero attached hydrogens (tertiary/aromatic N) is 4. The number of hydrogen-bond acceptors (Lipinski definition) is 4. The van der Waals surface area contributed by atoms with Crippen molar-refractivity contribution in [2.75, 3.05) is 13.1 Å². The summed E-state index contributed by atoms with van der Waals surface area (Å²) in [4.78, 5) is 28.5. The van der Waals surface area contributed by atoms with Crippen molar-refractivity contribution in [3.8, 4) is 0 Å². The fourth-order valence-corrected chi connectivity index (χ4v) is 4.67. The second-order valence-electron chi connectivity index (χ2n) is 6.37. The normalized spacial score (nSPS) is 20.4. The molecule has 1 amide bonds. The summed E-state index contributed by atoms with van der Waals surface area (Å²) < 4.78 is 3.79. The molecule has 6 nitrogen and oxygen atoms in total. The van der Waals surface area contributed by atoms with E-state index in [0.29, 0.717) is 10.9 Å². The average Bonchev–Trinajstić information content (AvgIpc) is 3.29. The number of carbonyl (C=O) groups is 1. The highest BCUT2D eigenvalue weighted by atomic mass is 35.5. The van der Waals surface area contributed by atoms with E-state index in [-0.39, 0.29) is 17.6 Å². The van der Waals surface area contributed by atoms with Gasteiger partial charge in [0.25, 0.3) is 0 Å². The van der Waals surface area contributed by atoms with Gasteiger partial charge in [-0.3, -0.25) is 9.36 Å². The van der Waals surface area contributed by atoms with E-state index in [1.54, 1.807) is 4.57 Å². The summed E-state index contributed by atoms with van der Waals surface area (Å²) in [7, 11) is 0. The molecule has 8 heteroatoms. The monoisotopic (exact) mass is 366 g/mol. The summed E-state index contributed by atoms with van der Waals surface area (Å²) in [5.41, 5.74) is -0.188. The Labute approximate surface area is 148 Å². The van der Waals surface area contributed by atoms with Crippen LogP contribution in [0.25, 0.3) is 0 Å². The van der Waals surface area contributed by atoms with Crippen molar-refractivity contribution in [3.63, 3.8) is 0 Å². The maximum Gasteiger partial charge on any atom is 0.347 e. The number of thiophene rings is 1. The average molecular weight is 367 g/mol. The minimum atomic E-state index is -0.389. The summed E-state index contributed by atoms with van der Waals surface area (Å²) in [5, 5.41) is 4.47. The van der Waals surface area contributed by atoms with Crippen LogP contribution in [0.2, 0.25) is 4.34 Å². The number of aromatic nitrogens is 3. The summed E-state index contributed by atoms with van der Waals surface area (Å²) in [6.45, 7) is 2.02. The molecule has 1 saturated heterocycles. The summed E-state index contributed by atoms with van der Waals surface area (Å²) in [6.07, 6.45) is 4.47. The van der Waals surface area contributed by atoms with Crippen LogP contribution in [-0.2, 0) is 17.8 Å². The number of aryl methyl sites for hydroxylation is 1. The molecule has 2 aromatic rings. The SMILES string of the molecule is O=C(C1CCCc2nn(Cc3ccc(Cl)s3)c(=O)n21)N1CCCC1. The van der Waals surface area contributed by atoms with E-state index >= 15 is 0 Å². The summed E-state index contributed by atoms with van der Waals surface area (Å²) >= 11 is 7.41. The molecule has 2 aliphatic heterocycles. The van der Waals surface area contributed by atoms with Gasteiger partial charge in [-0.25, -0.2) is 9.48 Å². The van der Waals surface area contributed by atoms with Gasteiger partial charge in [0.05, 0.1) is 10.9 Å². The van der Waals surface area contributed by atoms with Crippen LogP contribution in [0.4, 0.5) is 0 Å². The van der Waals surface area contributed by atoms with Crippen LogP contribution in [-0.4, -0.2) is 38.2 Å². The van der Waals surface area contributed by atoms with Gasteiger partial charge in [0.1, 0.15) is 11.9 Å². The first-order chi connectivity index (χ1) is 11.6. The Morgan fingerprint density at radius 3 is 2.79 bits per heavy atom. The van der Waals surface area contributed by atoms with Crippen molar-refractivity contribution in [2.45, 2.75) is 44.7 Å². The van der Waals surface area contributed by atoms with Crippen LogP contribution >= 0.6 is 22.9 Å². The van der Waals surface area contributed by atoms with Crippen molar-refractivity contribution >= 4 is 28.8 Å². The molecule has 4 rings (SSSR count). The number of amides is 1. The Morgan fingerprint density at radius 1 is 1.29 bits per heavy atom. The van der Waals surface area contributed by atoms with Crippen molar-refractivity contribution < 1.29 is 4.79 Å². The lowest BCUT2D eigenvalue weighted by Gasteiger charge is -2.27. The van der Waals surface area contributed by atoms with Crippen LogP contribution in [0.15, 0.2) is 16.9 Å². The molecular formula is C16H19ClN4O2S. The standard InChI is InChI=1S/C16H19ClN4O2S/c17-13-7-6-11(24-13)10-20-16(23)21-12(4-3-5-14(21)18-20)15(22)19-8-1-2-9-19/h6-7,12H,1-5,8-10H2. The van der Waals surface area contributed by atoms with Gasteiger partial charge in [0, 0.05) is 24.4 Å². The van der Waals surface area contributed by atoms with Crippen LogP contribution in [0.3, 0.4) is 0 Å². The molecule has 1 unspecified atom stereocenters. The predicted octanol–water partition coefficient (Wildman–Crippen LogP) is 2.31. The minimum Gasteiger partial charge on any atom is -0.341 e. The zero-order valence-electron chi connectivity index (χ0n) is 13.3. The molecule has 1 fully saturated rings. The van der Waals surface area contributed by atoms with Crippen molar-refractivity contribution in [3.05, 3.63) is 37.7 Å². The Balaban J connectivity index is 1.64. The first-order valence-electron chi connectivity index (χ1n) is 8.35. The highest BCUT2D eigenvalue weighted by molar-refractivity contribution is 7.16. The molecule has 1 atom stereocenters. The van der Waals surface area contributed by atoms with Gasteiger partial charge in [-0.1, -0.05) is 11.6 Å². The third kappa shape index (κ3) is 2.80. The van der Waals surface area contributed by atoms with Crippen LogP contribution < -0.4 is 5.69 Å². The first-order valence-corrected chi connectivity index (χ1v) is 9.54. The quantitative estimate of drug-likeness (QED) is 0.837. The molecule has 24 heavy (non-hydrogen) atoms. The zero-order valence-corrected chi connectivity index (χ0v) is 14.9. The first kappa shape index (κ1) is 15.9. The Morgan fingerprint density at radius 2 is 2.08 bits per heavy atom. The van der Waals surface area contributed by atoms with Gasteiger partial charge >= 0.3 is 5.69 Å². The van der Waals surface area contributed by atoms with E-state index in [0.717, 1.165) is 55.9 Å². The van der Waals surface area contributed by atoms with E-state index in [1.165, 1.54) is 16.0 Å². The Kier molecular flexibility index (Phi) is 4.22. The molecule has 2 aromatic heterocycles. The van der Waals surface area contributed by atoms with E-state index in [1.807, 2.05) is 17.0 Å². The smallest absolute Gasteiger partial charge is 0.341 e. The summed E-state index contributed by atoms with van der Waals surface area (Å²) in [6, 6.07) is 3.34. The molecule has 2 aliphatic rings. The van der Waals surface area contributed by atoms with Gasteiger partial charge in [-0.2, -0.15) is 5.10 Å². The number of hydrogen-bond donors (Lipinski definition) is 0. The lowest BCUT2D eigenvalue weighted by molar-refractivity contribution is -0.134. The Bertz CT molecular complexity index is 818. The van der Waals surface area contributed by atoms with Crippen LogP contribution in [0.1, 0.15) is 42.4 Å². The fourth-order valence-electron chi connectivity index (χ4n) is 3.60. The molecule has 0 spiro atoms. The number of likely N-dealkylation sites (tertiary alicyclic amines) is 1. The van der Waals surface area contributed by atoms with E-state index in [4.69, 9.17) is 11.6 Å². The van der Waals surface area contributed by atoms with E-state index < -0.39 is 0 Å². The lowest BCUT2D eigenvalue weighted by Crippen LogP contribution is -2.41. The molecule has 0 radical (unpaired) electrons. The highest BCUT2D eigenvalue weighted by Crippen LogP contribution is 2.26. The molecule has 128 valence electrons. The number of halogens is 1. The van der Waals surface area contributed by atoms with E-state index in [9.17, 15) is 9.59 Å². The highest BCUT2D eigenvalue weighted by Gasteiger charge is 2.34. The van der Waals surface area contributed by atoms with Crippen molar-refractivity contribution in [2.24, 2.45) is 0 Å². The second kappa shape index (κ2) is 6.37. The zero-order chi connectivity index (χ0) is 16.7. The molecule has 0 aliphatic carbocycles. The minimum absolute atomic E-state index is 0.0780. The number of carbonyl (C=O) groups excluding carboxylic acids is 1. The third-order valence-corrected chi connectivity index (χ3v) is 5.98. The van der Waals surface area contributed by atoms with Gasteiger partial charge in [0.2, 0.25) is 5.91 Å². The van der Waals surface area contributed by atoms with Crippen molar-refractivity contribution in [1.29, 1.82) is 0 Å². The van der Waals surface area contributed by atoms with Gasteiger partial charge < -0.3 is 4.90 Å². The maximum atomic E-state index is 12.8. The molecule has 0 bridgehead atoms. The molecule has 0 aromatic carbocycles. The molecular weight excluding hydrogens is 348 g/mol. The Hall–Kier alpha value is -1.60. The summed E-state index contributed by atoms with van der Waals surface area (Å²) in [5.74, 6) is 0.806. The lowest BCUT2D eigenvalue weighted by atomic mass is 10.0. The molecule has 0 N–H and O–H groups in total. The molecule has 4 heterocycles. The fraction of sp³-hybridized carbons (Fsp3) is 0.562. The van der Waals surface area contributed by atoms with Gasteiger partial charge in [-0.05, 0) is 37.8 Å². The predicted molar refractivity (Wildman–Crippen MR) is 92.7 cm³/mol. The topological polar surface area (TPSA) is 60.1 Å². The third-order valence-electron chi connectivity index (χ3n) is 4.77. The maximum absolute atomic E-state index is 12.8. The molecule has 0 saturated carbocycles. The van der Waals surface area contributed by atoms with Crippen molar-refractivity contribution in [1.82, 2.24) is 19.2 Å². The number of rotatable bonds is 3. The van der Waals surface area contributed by atoms with Crippen LogP contribution in [0.5, 0.6) is 0 Å². The van der Waals surface area contributed by atoms with E-state index in [2.05, 4.69) is 5.10 Å². The number of fused-ring (bicyclic) bond motifs is 1. The largest absolute Gasteiger partial charge is 0.347 e. The van der Waals surface area contributed by atoms with Gasteiger partial charge in [-0.15, -0.1) is 11.3 Å². The second-order valence-corrected chi connectivity index (χ2v) is 8.17. The van der Waals surface area contributed by atoms with Gasteiger partial charge in [0.15, 0.2) is 0 Å². The van der Waals surface area contributed by atoms with Crippen LogP contribution in [0, 0.1) is 0 Å².